The lowest BCUT2D eigenvalue weighted by Gasteiger charge is -2.22. The standard InChI is InChI=1S/C21H23NO4/c1-14-11-17(25-3)9-10-18(14)15(2)12-20(23)22-19(13-26-21(22)24)16-7-5-4-6-8-16/h4-11,15,19H,12-13H2,1-3H3/t15-,19+/m0/s1. The van der Waals surface area contributed by atoms with Crippen LogP contribution in [0.4, 0.5) is 4.79 Å². The average Bonchev–Trinajstić information content (AvgIpc) is 3.03. The van der Waals surface area contributed by atoms with Crippen LogP contribution < -0.4 is 4.74 Å². The Morgan fingerprint density at radius 2 is 2.00 bits per heavy atom. The summed E-state index contributed by atoms with van der Waals surface area (Å²) in [5, 5.41) is 0. The SMILES string of the molecule is COc1ccc([C@@H](C)CC(=O)N2C(=O)OC[C@@H]2c2ccccc2)c(C)c1. The molecule has 1 aliphatic rings. The Kier molecular flexibility index (Phi) is 5.26. The van der Waals surface area contributed by atoms with E-state index in [0.29, 0.717) is 0 Å². The Labute approximate surface area is 153 Å². The van der Waals surface area contributed by atoms with E-state index in [-0.39, 0.29) is 30.9 Å². The normalized spacial score (nSPS) is 17.7. The molecule has 5 nitrogen and oxygen atoms in total. The first-order chi connectivity index (χ1) is 12.5. The van der Waals surface area contributed by atoms with Gasteiger partial charge in [-0.1, -0.05) is 43.3 Å². The molecule has 1 heterocycles. The van der Waals surface area contributed by atoms with Crippen LogP contribution in [0.15, 0.2) is 48.5 Å². The molecular formula is C21H23NO4. The van der Waals surface area contributed by atoms with Gasteiger partial charge in [0.1, 0.15) is 18.4 Å². The molecule has 1 fully saturated rings. The maximum Gasteiger partial charge on any atom is 0.417 e. The van der Waals surface area contributed by atoms with Crippen LogP contribution in [0, 0.1) is 6.92 Å². The van der Waals surface area contributed by atoms with Gasteiger partial charge in [-0.15, -0.1) is 0 Å². The van der Waals surface area contributed by atoms with Crippen LogP contribution in [0.2, 0.25) is 0 Å². The van der Waals surface area contributed by atoms with E-state index >= 15 is 0 Å². The van der Waals surface area contributed by atoms with E-state index in [4.69, 9.17) is 9.47 Å². The van der Waals surface area contributed by atoms with E-state index in [1.807, 2.05) is 62.4 Å². The zero-order valence-corrected chi connectivity index (χ0v) is 15.3. The molecule has 2 aromatic carbocycles. The molecule has 136 valence electrons. The molecule has 0 N–H and O–H groups in total. The predicted octanol–water partition coefficient (Wildman–Crippen LogP) is 4.22. The number of rotatable bonds is 5. The largest absolute Gasteiger partial charge is 0.497 e. The molecule has 5 heteroatoms. The number of carbonyl (C=O) groups is 2. The summed E-state index contributed by atoms with van der Waals surface area (Å²) in [6.07, 6.45) is -0.325. The van der Waals surface area contributed by atoms with Gasteiger partial charge in [-0.05, 0) is 41.7 Å². The highest BCUT2D eigenvalue weighted by atomic mass is 16.6. The molecule has 0 unspecified atom stereocenters. The number of aryl methyl sites for hydroxylation is 1. The first-order valence-corrected chi connectivity index (χ1v) is 8.69. The maximum atomic E-state index is 12.9. The molecule has 3 rings (SSSR count). The molecule has 0 aliphatic carbocycles. The summed E-state index contributed by atoms with van der Waals surface area (Å²) in [7, 11) is 1.63. The number of nitrogens with zero attached hydrogens (tertiary/aromatic N) is 1. The van der Waals surface area contributed by atoms with Crippen molar-refractivity contribution < 1.29 is 19.1 Å². The molecule has 1 saturated heterocycles. The van der Waals surface area contributed by atoms with Crippen molar-refractivity contribution in [1.29, 1.82) is 0 Å². The van der Waals surface area contributed by atoms with Crippen molar-refractivity contribution in [2.45, 2.75) is 32.2 Å². The van der Waals surface area contributed by atoms with Crippen LogP contribution in [-0.2, 0) is 9.53 Å². The lowest BCUT2D eigenvalue weighted by molar-refractivity contribution is -0.129. The number of ether oxygens (including phenoxy) is 2. The van der Waals surface area contributed by atoms with Gasteiger partial charge in [-0.2, -0.15) is 0 Å². The smallest absolute Gasteiger partial charge is 0.417 e. The minimum Gasteiger partial charge on any atom is -0.497 e. The van der Waals surface area contributed by atoms with Gasteiger partial charge in [0.25, 0.3) is 0 Å². The highest BCUT2D eigenvalue weighted by molar-refractivity contribution is 5.94. The number of hydrogen-bond donors (Lipinski definition) is 0. The van der Waals surface area contributed by atoms with Crippen LogP contribution in [0.1, 0.15) is 42.0 Å². The third kappa shape index (κ3) is 3.57. The summed E-state index contributed by atoms with van der Waals surface area (Å²) in [5.41, 5.74) is 3.04. The molecule has 2 amide bonds. The summed E-state index contributed by atoms with van der Waals surface area (Å²) in [5.74, 6) is 0.555. The van der Waals surface area contributed by atoms with Crippen LogP contribution in [0.3, 0.4) is 0 Å². The van der Waals surface area contributed by atoms with Crippen LogP contribution in [-0.4, -0.2) is 30.6 Å². The van der Waals surface area contributed by atoms with Gasteiger partial charge >= 0.3 is 6.09 Å². The van der Waals surface area contributed by atoms with Gasteiger partial charge in [0.05, 0.1) is 7.11 Å². The van der Waals surface area contributed by atoms with Crippen molar-refractivity contribution in [1.82, 2.24) is 4.90 Å². The van der Waals surface area contributed by atoms with Crippen molar-refractivity contribution in [3.63, 3.8) is 0 Å². The molecule has 0 spiro atoms. The van der Waals surface area contributed by atoms with E-state index in [2.05, 4.69) is 0 Å². The third-order valence-corrected chi connectivity index (χ3v) is 4.81. The summed E-state index contributed by atoms with van der Waals surface area (Å²) < 4.78 is 10.4. The highest BCUT2D eigenvalue weighted by Crippen LogP contribution is 2.31. The van der Waals surface area contributed by atoms with Gasteiger partial charge in [0, 0.05) is 6.42 Å². The van der Waals surface area contributed by atoms with E-state index in [1.165, 1.54) is 4.90 Å². The second kappa shape index (κ2) is 7.60. The van der Waals surface area contributed by atoms with Crippen molar-refractivity contribution in [3.05, 3.63) is 65.2 Å². The van der Waals surface area contributed by atoms with Gasteiger partial charge in [0.2, 0.25) is 5.91 Å². The highest BCUT2D eigenvalue weighted by Gasteiger charge is 2.39. The number of carbonyl (C=O) groups excluding carboxylic acids is 2. The van der Waals surface area contributed by atoms with Crippen LogP contribution >= 0.6 is 0 Å². The van der Waals surface area contributed by atoms with Crippen molar-refractivity contribution in [2.75, 3.05) is 13.7 Å². The second-order valence-electron chi connectivity index (χ2n) is 6.59. The molecular weight excluding hydrogens is 330 g/mol. The average molecular weight is 353 g/mol. The number of imide groups is 1. The third-order valence-electron chi connectivity index (χ3n) is 4.81. The fourth-order valence-corrected chi connectivity index (χ4v) is 3.42. The number of amides is 2. The van der Waals surface area contributed by atoms with Crippen molar-refractivity contribution >= 4 is 12.0 Å². The number of benzene rings is 2. The molecule has 26 heavy (non-hydrogen) atoms. The maximum absolute atomic E-state index is 12.9. The van der Waals surface area contributed by atoms with E-state index in [1.54, 1.807) is 7.11 Å². The zero-order valence-electron chi connectivity index (χ0n) is 15.3. The first kappa shape index (κ1) is 18.0. The lowest BCUT2D eigenvalue weighted by Crippen LogP contribution is -2.34. The fourth-order valence-electron chi connectivity index (χ4n) is 3.42. The van der Waals surface area contributed by atoms with Crippen molar-refractivity contribution in [3.8, 4) is 5.75 Å². The van der Waals surface area contributed by atoms with E-state index in [9.17, 15) is 9.59 Å². The Bertz CT molecular complexity index is 803. The minimum absolute atomic E-state index is 0.0155. The monoisotopic (exact) mass is 353 g/mol. The lowest BCUT2D eigenvalue weighted by atomic mass is 9.92. The van der Waals surface area contributed by atoms with Gasteiger partial charge in [0.15, 0.2) is 0 Å². The van der Waals surface area contributed by atoms with Gasteiger partial charge in [-0.3, -0.25) is 4.79 Å². The molecule has 2 aromatic rings. The van der Waals surface area contributed by atoms with Crippen LogP contribution in [0.5, 0.6) is 5.75 Å². The summed E-state index contributed by atoms with van der Waals surface area (Å²) in [4.78, 5) is 26.2. The van der Waals surface area contributed by atoms with E-state index < -0.39 is 6.09 Å². The topological polar surface area (TPSA) is 55.8 Å². The zero-order chi connectivity index (χ0) is 18.7. The second-order valence-corrected chi connectivity index (χ2v) is 6.59. The fraction of sp³-hybridized carbons (Fsp3) is 0.333. The quantitative estimate of drug-likeness (QED) is 0.808. The molecule has 2 atom stereocenters. The van der Waals surface area contributed by atoms with Crippen molar-refractivity contribution in [2.24, 2.45) is 0 Å². The van der Waals surface area contributed by atoms with Gasteiger partial charge in [-0.25, -0.2) is 9.69 Å². The summed E-state index contributed by atoms with van der Waals surface area (Å²) >= 11 is 0. The molecule has 0 aromatic heterocycles. The minimum atomic E-state index is -0.567. The first-order valence-electron chi connectivity index (χ1n) is 8.69. The molecule has 1 aliphatic heterocycles. The molecule has 0 radical (unpaired) electrons. The molecule has 0 saturated carbocycles. The Balaban J connectivity index is 1.76. The summed E-state index contributed by atoms with van der Waals surface area (Å²) in [6.45, 7) is 4.19. The van der Waals surface area contributed by atoms with Crippen LogP contribution in [0.25, 0.3) is 0 Å². The predicted molar refractivity (Wildman–Crippen MR) is 98.1 cm³/mol. The number of hydrogen-bond acceptors (Lipinski definition) is 4. The Hall–Kier alpha value is -2.82. The Morgan fingerprint density at radius 3 is 2.65 bits per heavy atom. The summed E-state index contributed by atoms with van der Waals surface area (Å²) in [6, 6.07) is 15.0. The number of methoxy groups -OCH3 is 1. The molecule has 0 bridgehead atoms. The Morgan fingerprint density at radius 1 is 1.27 bits per heavy atom. The van der Waals surface area contributed by atoms with Gasteiger partial charge < -0.3 is 9.47 Å². The van der Waals surface area contributed by atoms with E-state index in [0.717, 1.165) is 22.4 Å². The number of cyclic esters (lactones) is 1.